The van der Waals surface area contributed by atoms with Crippen LogP contribution in [-0.2, 0) is 4.74 Å². The molecule has 0 rings (SSSR count). The highest BCUT2D eigenvalue weighted by Crippen LogP contribution is 2.10. The van der Waals surface area contributed by atoms with E-state index in [2.05, 4.69) is 5.32 Å². The van der Waals surface area contributed by atoms with Gasteiger partial charge in [-0.3, -0.25) is 5.21 Å². The predicted molar refractivity (Wildman–Crippen MR) is 56.9 cm³/mol. The first kappa shape index (κ1) is 14.5. The van der Waals surface area contributed by atoms with Crippen molar-refractivity contribution >= 4 is 12.1 Å². The summed E-state index contributed by atoms with van der Waals surface area (Å²) in [6.07, 6.45) is -0.869. The summed E-state index contributed by atoms with van der Waals surface area (Å²) in [7, 11) is 0. The van der Waals surface area contributed by atoms with E-state index < -0.39 is 23.8 Å². The number of hydrogen-bond donors (Lipinski definition) is 3. The van der Waals surface area contributed by atoms with Gasteiger partial charge in [0.05, 0.1) is 6.04 Å². The summed E-state index contributed by atoms with van der Waals surface area (Å²) >= 11 is 0. The number of nitrogens with zero attached hydrogens (tertiary/aromatic N) is 1. The highest BCUT2D eigenvalue weighted by molar-refractivity contribution is 5.71. The minimum absolute atomic E-state index is 0.0467. The first-order valence-corrected chi connectivity index (χ1v) is 4.88. The number of urea groups is 1. The molecule has 0 bridgehead atoms. The second kappa shape index (κ2) is 5.55. The summed E-state index contributed by atoms with van der Waals surface area (Å²) in [6, 6.07) is -1.34. The largest absolute Gasteiger partial charge is 0.442 e. The van der Waals surface area contributed by atoms with Crippen LogP contribution in [0.25, 0.3) is 0 Å². The van der Waals surface area contributed by atoms with Crippen LogP contribution in [0.2, 0.25) is 0 Å². The second-order valence-electron chi connectivity index (χ2n) is 4.42. The topological polar surface area (TPSA) is 105 Å². The first-order valence-electron chi connectivity index (χ1n) is 4.88. The monoisotopic (exact) mass is 233 g/mol. The van der Waals surface area contributed by atoms with Crippen molar-refractivity contribution in [1.29, 1.82) is 0 Å². The number of rotatable bonds is 3. The molecule has 0 fully saturated rings. The van der Waals surface area contributed by atoms with Gasteiger partial charge in [-0.2, -0.15) is 5.06 Å². The van der Waals surface area contributed by atoms with Gasteiger partial charge in [0, 0.05) is 6.54 Å². The molecule has 0 aliphatic heterocycles. The Balaban J connectivity index is 4.16. The van der Waals surface area contributed by atoms with E-state index in [1.165, 1.54) is 0 Å². The van der Waals surface area contributed by atoms with Crippen LogP contribution in [0, 0.1) is 0 Å². The number of nitrogens with two attached hydrogens (primary N) is 1. The average Bonchev–Trinajstić information content (AvgIpc) is 2.10. The molecular formula is C9H19N3O4. The molecule has 16 heavy (non-hydrogen) atoms. The lowest BCUT2D eigenvalue weighted by Crippen LogP contribution is -2.46. The highest BCUT2D eigenvalue weighted by Gasteiger charge is 2.24. The van der Waals surface area contributed by atoms with Crippen LogP contribution in [0.1, 0.15) is 27.7 Å². The molecule has 1 atom stereocenters. The summed E-state index contributed by atoms with van der Waals surface area (Å²) in [5, 5.41) is 12.1. The van der Waals surface area contributed by atoms with Gasteiger partial charge in [-0.05, 0) is 27.7 Å². The normalized spacial score (nSPS) is 12.8. The zero-order valence-corrected chi connectivity index (χ0v) is 9.98. The lowest BCUT2D eigenvalue weighted by atomic mass is 10.2. The third kappa shape index (κ3) is 6.07. The Bertz CT molecular complexity index is 262. The highest BCUT2D eigenvalue weighted by atomic mass is 16.6. The lowest BCUT2D eigenvalue weighted by molar-refractivity contribution is -0.115. The smallest absolute Gasteiger partial charge is 0.434 e. The summed E-state index contributed by atoms with van der Waals surface area (Å²) in [4.78, 5) is 21.8. The van der Waals surface area contributed by atoms with Crippen LogP contribution in [0.5, 0.6) is 0 Å². The number of amides is 3. The molecule has 94 valence electrons. The maximum atomic E-state index is 11.4. The minimum atomic E-state index is -0.869. The SMILES string of the molecule is C[C@@H](CNC(N)=O)N(O)C(=O)OC(C)(C)C. The maximum absolute atomic E-state index is 11.4. The van der Waals surface area contributed by atoms with Crippen molar-refractivity contribution in [2.24, 2.45) is 5.73 Å². The Labute approximate surface area is 94.5 Å². The van der Waals surface area contributed by atoms with Crippen LogP contribution in [-0.4, -0.2) is 40.6 Å². The number of hydrogen-bond acceptors (Lipinski definition) is 4. The molecule has 7 heteroatoms. The van der Waals surface area contributed by atoms with Crippen molar-refractivity contribution in [2.45, 2.75) is 39.3 Å². The fraction of sp³-hybridized carbons (Fsp3) is 0.778. The molecule has 0 aromatic rings. The zero-order valence-electron chi connectivity index (χ0n) is 9.98. The standard InChI is InChI=1S/C9H19N3O4/c1-6(5-11-7(10)13)12(15)8(14)16-9(2,3)4/h6,15H,5H2,1-4H3,(H3,10,11,13)/t6-/m0/s1. The van der Waals surface area contributed by atoms with E-state index in [0.717, 1.165) is 0 Å². The van der Waals surface area contributed by atoms with E-state index in [1.54, 1.807) is 27.7 Å². The van der Waals surface area contributed by atoms with Gasteiger partial charge in [0.1, 0.15) is 5.60 Å². The molecule has 0 aliphatic rings. The van der Waals surface area contributed by atoms with Gasteiger partial charge in [0.2, 0.25) is 0 Å². The molecule has 0 aromatic heterocycles. The van der Waals surface area contributed by atoms with Crippen LogP contribution >= 0.6 is 0 Å². The number of carbonyl (C=O) groups is 2. The number of carbonyl (C=O) groups excluding carboxylic acids is 2. The van der Waals surface area contributed by atoms with E-state index in [4.69, 9.17) is 10.5 Å². The molecule has 0 heterocycles. The fourth-order valence-corrected chi connectivity index (χ4v) is 0.823. The Morgan fingerprint density at radius 3 is 2.38 bits per heavy atom. The first-order chi connectivity index (χ1) is 7.13. The molecule has 0 saturated carbocycles. The third-order valence-corrected chi connectivity index (χ3v) is 1.57. The zero-order chi connectivity index (χ0) is 12.9. The van der Waals surface area contributed by atoms with Crippen molar-refractivity contribution < 1.29 is 19.5 Å². The molecule has 3 amide bonds. The summed E-state index contributed by atoms with van der Waals surface area (Å²) in [5.41, 5.74) is 4.17. The van der Waals surface area contributed by atoms with E-state index in [0.29, 0.717) is 5.06 Å². The minimum Gasteiger partial charge on any atom is -0.442 e. The van der Waals surface area contributed by atoms with Gasteiger partial charge in [-0.25, -0.2) is 9.59 Å². The van der Waals surface area contributed by atoms with Crippen LogP contribution in [0.4, 0.5) is 9.59 Å². The Hall–Kier alpha value is -1.50. The van der Waals surface area contributed by atoms with Crippen molar-refractivity contribution in [3.05, 3.63) is 0 Å². The summed E-state index contributed by atoms with van der Waals surface area (Å²) < 4.78 is 4.92. The van der Waals surface area contributed by atoms with Crippen molar-refractivity contribution in [3.63, 3.8) is 0 Å². The van der Waals surface area contributed by atoms with Gasteiger partial charge in [-0.1, -0.05) is 0 Å². The molecule has 0 unspecified atom stereocenters. The fourth-order valence-electron chi connectivity index (χ4n) is 0.823. The van der Waals surface area contributed by atoms with E-state index in [-0.39, 0.29) is 6.54 Å². The van der Waals surface area contributed by atoms with Crippen LogP contribution in [0.15, 0.2) is 0 Å². The molecule has 4 N–H and O–H groups in total. The number of primary amides is 1. The average molecular weight is 233 g/mol. The van der Waals surface area contributed by atoms with Crippen molar-refractivity contribution in [1.82, 2.24) is 10.4 Å². The van der Waals surface area contributed by atoms with Crippen molar-refractivity contribution in [3.8, 4) is 0 Å². The Morgan fingerprint density at radius 2 is 2.00 bits per heavy atom. The summed E-state index contributed by atoms with van der Waals surface area (Å²) in [6.45, 7) is 6.64. The second-order valence-corrected chi connectivity index (χ2v) is 4.42. The molecule has 7 nitrogen and oxygen atoms in total. The molecule has 0 aromatic carbocycles. The van der Waals surface area contributed by atoms with Crippen molar-refractivity contribution in [2.75, 3.05) is 6.54 Å². The van der Waals surface area contributed by atoms with Gasteiger partial charge < -0.3 is 15.8 Å². The predicted octanol–water partition coefficient (Wildman–Crippen LogP) is 0.669. The molecule has 0 aliphatic carbocycles. The van der Waals surface area contributed by atoms with E-state index in [9.17, 15) is 14.8 Å². The third-order valence-electron chi connectivity index (χ3n) is 1.57. The van der Waals surface area contributed by atoms with Gasteiger partial charge >= 0.3 is 12.1 Å². The molecule has 0 radical (unpaired) electrons. The Kier molecular flexibility index (Phi) is 5.03. The molecular weight excluding hydrogens is 214 g/mol. The van der Waals surface area contributed by atoms with Crippen LogP contribution < -0.4 is 11.1 Å². The maximum Gasteiger partial charge on any atom is 0.434 e. The molecule has 0 spiro atoms. The number of hydroxylamine groups is 2. The van der Waals surface area contributed by atoms with E-state index in [1.807, 2.05) is 0 Å². The molecule has 0 saturated heterocycles. The quantitative estimate of drug-likeness (QED) is 0.492. The Morgan fingerprint density at radius 1 is 1.50 bits per heavy atom. The number of ether oxygens (including phenoxy) is 1. The van der Waals surface area contributed by atoms with Gasteiger partial charge in [-0.15, -0.1) is 0 Å². The van der Waals surface area contributed by atoms with Gasteiger partial charge in [0.15, 0.2) is 0 Å². The van der Waals surface area contributed by atoms with E-state index >= 15 is 0 Å². The lowest BCUT2D eigenvalue weighted by Gasteiger charge is -2.26. The summed E-state index contributed by atoms with van der Waals surface area (Å²) in [5.74, 6) is 0. The van der Waals surface area contributed by atoms with Crippen LogP contribution in [0.3, 0.4) is 0 Å². The van der Waals surface area contributed by atoms with Gasteiger partial charge in [0.25, 0.3) is 0 Å². The number of nitrogens with one attached hydrogen (secondary N) is 1.